The van der Waals surface area contributed by atoms with E-state index >= 15 is 0 Å². The number of nitrogens with two attached hydrogens (primary N) is 1. The van der Waals surface area contributed by atoms with E-state index in [2.05, 4.69) is 9.97 Å². The van der Waals surface area contributed by atoms with Crippen LogP contribution in [0.5, 0.6) is 0 Å². The molecule has 0 amide bonds. The van der Waals surface area contributed by atoms with E-state index in [0.717, 1.165) is 27.9 Å². The Hall–Kier alpha value is -2.79. The third-order valence-corrected chi connectivity index (χ3v) is 3.89. The molecule has 0 saturated heterocycles. The molecule has 0 atom stereocenters. The van der Waals surface area contributed by atoms with E-state index in [-0.39, 0.29) is 6.54 Å². The van der Waals surface area contributed by atoms with Crippen LogP contribution in [0.1, 0.15) is 5.69 Å². The van der Waals surface area contributed by atoms with Crippen LogP contribution >= 0.6 is 0 Å². The molecule has 3 N–H and O–H groups in total. The molecule has 0 unspecified atom stereocenters. The second kappa shape index (κ2) is 5.14. The van der Waals surface area contributed by atoms with E-state index in [1.807, 2.05) is 30.3 Å². The molecule has 4 aromatic rings. The largest absolute Gasteiger partial charge is 0.353 e. The molecule has 0 spiro atoms. The molecule has 0 fully saturated rings. The molecule has 114 valence electrons. The Morgan fingerprint density at radius 3 is 2.43 bits per heavy atom. The van der Waals surface area contributed by atoms with Crippen LogP contribution in [0.25, 0.3) is 33.1 Å². The van der Waals surface area contributed by atoms with Gasteiger partial charge in [-0.15, -0.1) is 0 Å². The Bertz CT molecular complexity index is 1020. The van der Waals surface area contributed by atoms with Crippen LogP contribution in [0.3, 0.4) is 0 Å². The third-order valence-electron chi connectivity index (χ3n) is 3.89. The van der Waals surface area contributed by atoms with E-state index in [0.29, 0.717) is 17.0 Å². The van der Waals surface area contributed by atoms with Crippen molar-refractivity contribution in [3.8, 4) is 11.3 Å². The molecule has 2 heterocycles. The molecule has 0 bridgehead atoms. The first-order valence-corrected chi connectivity index (χ1v) is 7.22. The number of pyridine rings is 1. The van der Waals surface area contributed by atoms with Gasteiger partial charge in [0.15, 0.2) is 0 Å². The highest BCUT2D eigenvalue weighted by atomic mass is 19.1. The predicted molar refractivity (Wildman–Crippen MR) is 86.8 cm³/mol. The van der Waals surface area contributed by atoms with Crippen LogP contribution in [-0.2, 0) is 6.54 Å². The Morgan fingerprint density at radius 1 is 0.957 bits per heavy atom. The Balaban J connectivity index is 2.12. The zero-order valence-corrected chi connectivity index (χ0v) is 12.1. The Kier molecular flexibility index (Phi) is 3.09. The van der Waals surface area contributed by atoms with Crippen LogP contribution in [-0.4, -0.2) is 9.97 Å². The fraction of sp³-hybridized carbons (Fsp3) is 0.0556. The summed E-state index contributed by atoms with van der Waals surface area (Å²) in [4.78, 5) is 7.76. The summed E-state index contributed by atoms with van der Waals surface area (Å²) in [5.41, 5.74) is 8.97. The average molecular weight is 309 g/mol. The van der Waals surface area contributed by atoms with E-state index in [1.165, 1.54) is 12.1 Å². The van der Waals surface area contributed by atoms with Crippen molar-refractivity contribution < 1.29 is 8.78 Å². The molecule has 4 rings (SSSR count). The van der Waals surface area contributed by atoms with Crippen LogP contribution in [0.2, 0.25) is 0 Å². The molecule has 2 aromatic carbocycles. The maximum atomic E-state index is 13.6. The van der Waals surface area contributed by atoms with Gasteiger partial charge in [-0.2, -0.15) is 0 Å². The first-order chi connectivity index (χ1) is 11.2. The van der Waals surface area contributed by atoms with Gasteiger partial charge in [0.1, 0.15) is 11.6 Å². The van der Waals surface area contributed by atoms with Gasteiger partial charge in [0.2, 0.25) is 0 Å². The lowest BCUT2D eigenvalue weighted by molar-refractivity contribution is 0.584. The molecule has 2 aromatic heterocycles. The second-order valence-corrected chi connectivity index (χ2v) is 5.42. The lowest BCUT2D eigenvalue weighted by Crippen LogP contribution is -2.01. The minimum atomic E-state index is -0.635. The molecule has 0 radical (unpaired) electrons. The zero-order chi connectivity index (χ0) is 16.0. The number of halogens is 2. The molecule has 3 nitrogen and oxygen atoms in total. The molecule has 23 heavy (non-hydrogen) atoms. The summed E-state index contributed by atoms with van der Waals surface area (Å²) < 4.78 is 27.2. The van der Waals surface area contributed by atoms with Crippen LogP contribution < -0.4 is 5.73 Å². The van der Waals surface area contributed by atoms with Gasteiger partial charge in [0.25, 0.3) is 0 Å². The van der Waals surface area contributed by atoms with Gasteiger partial charge >= 0.3 is 0 Å². The Morgan fingerprint density at radius 2 is 1.70 bits per heavy atom. The number of nitrogens with one attached hydrogen (secondary N) is 1. The number of benzene rings is 2. The van der Waals surface area contributed by atoms with E-state index in [4.69, 9.17) is 5.73 Å². The van der Waals surface area contributed by atoms with Crippen molar-refractivity contribution >= 4 is 21.8 Å². The number of aromatic nitrogens is 2. The predicted octanol–water partition coefficient (Wildman–Crippen LogP) is 4.12. The molecule has 0 aliphatic heterocycles. The number of hydrogen-bond donors (Lipinski definition) is 2. The summed E-state index contributed by atoms with van der Waals surface area (Å²) in [5, 5.41) is 1.97. The van der Waals surface area contributed by atoms with Crippen LogP contribution in [0.15, 0.2) is 48.5 Å². The van der Waals surface area contributed by atoms with Gasteiger partial charge in [-0.25, -0.2) is 13.8 Å². The quantitative estimate of drug-likeness (QED) is 0.585. The minimum Gasteiger partial charge on any atom is -0.353 e. The van der Waals surface area contributed by atoms with Gasteiger partial charge in [-0.1, -0.05) is 18.2 Å². The fourth-order valence-electron chi connectivity index (χ4n) is 2.90. The SMILES string of the molecule is NCc1cc2c([nH]c3ccccc32)c(-c2cc(F)cc(F)c2)n1. The number of fused-ring (bicyclic) bond motifs is 3. The summed E-state index contributed by atoms with van der Waals surface area (Å²) in [7, 11) is 0. The third kappa shape index (κ3) is 2.26. The van der Waals surface area contributed by atoms with Crippen molar-refractivity contribution in [1.82, 2.24) is 9.97 Å². The molecular formula is C18H13F2N3. The number of hydrogen-bond acceptors (Lipinski definition) is 2. The van der Waals surface area contributed by atoms with Crippen molar-refractivity contribution in [1.29, 1.82) is 0 Å². The Labute approximate surface area is 130 Å². The summed E-state index contributed by atoms with van der Waals surface area (Å²) >= 11 is 0. The van der Waals surface area contributed by atoms with Gasteiger partial charge in [0, 0.05) is 34.5 Å². The van der Waals surface area contributed by atoms with E-state index in [1.54, 1.807) is 0 Å². The standard InChI is InChI=1S/C18H13F2N3/c19-11-5-10(6-12(20)7-11)17-18-15(8-13(9-21)22-17)14-3-1-2-4-16(14)23-18/h1-8,23H,9,21H2. The molecule has 0 aliphatic rings. The fourth-order valence-corrected chi connectivity index (χ4v) is 2.90. The first-order valence-electron chi connectivity index (χ1n) is 7.22. The molecule has 5 heteroatoms. The summed E-state index contributed by atoms with van der Waals surface area (Å²) in [6, 6.07) is 13.1. The average Bonchev–Trinajstić information content (AvgIpc) is 2.91. The number of H-pyrrole nitrogens is 1. The normalized spacial score (nSPS) is 11.4. The monoisotopic (exact) mass is 309 g/mol. The maximum Gasteiger partial charge on any atom is 0.126 e. The van der Waals surface area contributed by atoms with Crippen molar-refractivity contribution in [2.45, 2.75) is 6.54 Å². The van der Waals surface area contributed by atoms with Crippen LogP contribution in [0.4, 0.5) is 8.78 Å². The van der Waals surface area contributed by atoms with Gasteiger partial charge in [-0.05, 0) is 24.3 Å². The smallest absolute Gasteiger partial charge is 0.126 e. The van der Waals surface area contributed by atoms with Crippen molar-refractivity contribution in [3.05, 3.63) is 65.9 Å². The molecule has 0 saturated carbocycles. The molecule has 0 aliphatic carbocycles. The zero-order valence-electron chi connectivity index (χ0n) is 12.1. The lowest BCUT2D eigenvalue weighted by Gasteiger charge is -2.07. The number of rotatable bonds is 2. The van der Waals surface area contributed by atoms with E-state index in [9.17, 15) is 8.78 Å². The highest BCUT2D eigenvalue weighted by Crippen LogP contribution is 2.33. The van der Waals surface area contributed by atoms with Crippen molar-refractivity contribution in [2.75, 3.05) is 0 Å². The summed E-state index contributed by atoms with van der Waals surface area (Å²) in [5.74, 6) is -1.27. The summed E-state index contributed by atoms with van der Waals surface area (Å²) in [6.07, 6.45) is 0. The summed E-state index contributed by atoms with van der Waals surface area (Å²) in [6.45, 7) is 0.250. The highest BCUT2D eigenvalue weighted by Gasteiger charge is 2.14. The van der Waals surface area contributed by atoms with Crippen molar-refractivity contribution in [3.63, 3.8) is 0 Å². The second-order valence-electron chi connectivity index (χ2n) is 5.42. The van der Waals surface area contributed by atoms with Crippen molar-refractivity contribution in [2.24, 2.45) is 5.73 Å². The minimum absolute atomic E-state index is 0.250. The number of aromatic amines is 1. The number of para-hydroxylation sites is 1. The highest BCUT2D eigenvalue weighted by molar-refractivity contribution is 6.11. The van der Waals surface area contributed by atoms with Crippen LogP contribution in [0, 0.1) is 11.6 Å². The molecular weight excluding hydrogens is 296 g/mol. The first kappa shape index (κ1) is 13.8. The topological polar surface area (TPSA) is 54.7 Å². The lowest BCUT2D eigenvalue weighted by atomic mass is 10.1. The van der Waals surface area contributed by atoms with Gasteiger partial charge in [-0.3, -0.25) is 0 Å². The van der Waals surface area contributed by atoms with E-state index < -0.39 is 11.6 Å². The number of nitrogens with zero attached hydrogens (tertiary/aromatic N) is 1. The van der Waals surface area contributed by atoms with Gasteiger partial charge in [0.05, 0.1) is 16.9 Å². The maximum absolute atomic E-state index is 13.6. The van der Waals surface area contributed by atoms with Gasteiger partial charge < -0.3 is 10.7 Å².